The molecule has 0 saturated heterocycles. The van der Waals surface area contributed by atoms with Crippen molar-refractivity contribution >= 4 is 29.3 Å². The number of aromatic nitrogens is 2. The van der Waals surface area contributed by atoms with Crippen molar-refractivity contribution in [2.24, 2.45) is 0 Å². The SMILES string of the molecule is O=C(Cn1c(CO)cnc1SCC(=O)N1CCc2ccccc21)NC1CC1. The number of hydrogen-bond donors (Lipinski definition) is 2. The van der Waals surface area contributed by atoms with Crippen molar-refractivity contribution in [1.82, 2.24) is 14.9 Å². The molecule has 7 nitrogen and oxygen atoms in total. The first kappa shape index (κ1) is 18.1. The summed E-state index contributed by atoms with van der Waals surface area (Å²) in [7, 11) is 0. The smallest absolute Gasteiger partial charge is 0.240 e. The first-order chi connectivity index (χ1) is 13.2. The van der Waals surface area contributed by atoms with E-state index >= 15 is 0 Å². The van der Waals surface area contributed by atoms with Crippen molar-refractivity contribution in [3.63, 3.8) is 0 Å². The molecule has 0 unspecified atom stereocenters. The number of rotatable bonds is 7. The molecule has 2 aromatic rings. The van der Waals surface area contributed by atoms with Crippen molar-refractivity contribution in [3.05, 3.63) is 41.7 Å². The molecule has 2 amide bonds. The number of carbonyl (C=O) groups is 2. The van der Waals surface area contributed by atoms with Gasteiger partial charge in [0.15, 0.2) is 5.16 Å². The highest BCUT2D eigenvalue weighted by molar-refractivity contribution is 7.99. The Morgan fingerprint density at radius 1 is 1.30 bits per heavy atom. The van der Waals surface area contributed by atoms with Gasteiger partial charge in [0.2, 0.25) is 11.8 Å². The van der Waals surface area contributed by atoms with Gasteiger partial charge in [0.1, 0.15) is 6.54 Å². The normalized spacial score (nSPS) is 15.7. The van der Waals surface area contributed by atoms with E-state index in [0.29, 0.717) is 17.4 Å². The largest absolute Gasteiger partial charge is 0.390 e. The molecular weight excluding hydrogens is 364 g/mol. The minimum Gasteiger partial charge on any atom is -0.390 e. The molecule has 1 aromatic carbocycles. The molecule has 0 bridgehead atoms. The Kier molecular flexibility index (Phi) is 5.18. The highest BCUT2D eigenvalue weighted by Gasteiger charge is 2.26. The Hall–Kier alpha value is -2.32. The van der Waals surface area contributed by atoms with E-state index in [9.17, 15) is 14.7 Å². The van der Waals surface area contributed by atoms with Crippen molar-refractivity contribution in [3.8, 4) is 0 Å². The van der Waals surface area contributed by atoms with Gasteiger partial charge in [-0.1, -0.05) is 30.0 Å². The topological polar surface area (TPSA) is 87.5 Å². The van der Waals surface area contributed by atoms with Gasteiger partial charge in [0, 0.05) is 18.3 Å². The molecule has 1 aromatic heterocycles. The van der Waals surface area contributed by atoms with Crippen molar-refractivity contribution < 1.29 is 14.7 Å². The average molecular weight is 386 g/mol. The second-order valence-electron chi connectivity index (χ2n) is 6.83. The van der Waals surface area contributed by atoms with Crippen LogP contribution in [0.1, 0.15) is 24.1 Å². The first-order valence-corrected chi connectivity index (χ1v) is 10.1. The van der Waals surface area contributed by atoms with Crippen LogP contribution in [0.15, 0.2) is 35.6 Å². The van der Waals surface area contributed by atoms with Crippen LogP contribution in [0.3, 0.4) is 0 Å². The van der Waals surface area contributed by atoms with E-state index in [0.717, 1.165) is 24.9 Å². The number of para-hydroxylation sites is 1. The minimum atomic E-state index is -0.197. The number of aliphatic hydroxyl groups is 1. The van der Waals surface area contributed by atoms with Crippen LogP contribution in [-0.4, -0.2) is 44.8 Å². The number of carbonyl (C=O) groups excluding carboxylic acids is 2. The lowest BCUT2D eigenvalue weighted by Crippen LogP contribution is -2.31. The van der Waals surface area contributed by atoms with Crippen LogP contribution in [0.4, 0.5) is 5.69 Å². The molecule has 2 aliphatic rings. The van der Waals surface area contributed by atoms with Crippen LogP contribution in [0.25, 0.3) is 0 Å². The zero-order valence-corrected chi connectivity index (χ0v) is 15.7. The molecule has 1 aliphatic carbocycles. The van der Waals surface area contributed by atoms with Gasteiger partial charge in [0.05, 0.1) is 24.3 Å². The summed E-state index contributed by atoms with van der Waals surface area (Å²) in [4.78, 5) is 30.9. The molecule has 4 rings (SSSR count). The summed E-state index contributed by atoms with van der Waals surface area (Å²) in [6, 6.07) is 8.23. The second-order valence-corrected chi connectivity index (χ2v) is 7.77. The maximum absolute atomic E-state index is 12.7. The van der Waals surface area contributed by atoms with E-state index in [1.807, 2.05) is 23.1 Å². The van der Waals surface area contributed by atoms with E-state index in [1.165, 1.54) is 17.3 Å². The van der Waals surface area contributed by atoms with Crippen molar-refractivity contribution in [1.29, 1.82) is 0 Å². The predicted octanol–water partition coefficient (Wildman–Crippen LogP) is 1.34. The number of anilines is 1. The minimum absolute atomic E-state index is 0.0208. The molecule has 1 saturated carbocycles. The third-order valence-electron chi connectivity index (χ3n) is 4.82. The first-order valence-electron chi connectivity index (χ1n) is 9.11. The molecule has 1 aliphatic heterocycles. The Balaban J connectivity index is 1.41. The number of amides is 2. The Labute approximate surface area is 161 Å². The summed E-state index contributed by atoms with van der Waals surface area (Å²) in [5, 5.41) is 13.0. The van der Waals surface area contributed by atoms with Crippen molar-refractivity contribution in [2.75, 3.05) is 17.2 Å². The number of thioether (sulfide) groups is 1. The average Bonchev–Trinajstić information content (AvgIpc) is 3.24. The van der Waals surface area contributed by atoms with Crippen LogP contribution in [-0.2, 0) is 29.2 Å². The molecule has 1 fully saturated rings. The molecular formula is C19H22N4O3S. The highest BCUT2D eigenvalue weighted by atomic mass is 32.2. The number of hydrogen-bond acceptors (Lipinski definition) is 5. The molecule has 2 N–H and O–H groups in total. The van der Waals surface area contributed by atoms with Crippen LogP contribution in [0, 0.1) is 0 Å². The van der Waals surface area contributed by atoms with Gasteiger partial charge in [0.25, 0.3) is 0 Å². The van der Waals surface area contributed by atoms with Gasteiger partial charge in [-0.2, -0.15) is 0 Å². The summed E-state index contributed by atoms with van der Waals surface area (Å²) < 4.78 is 1.69. The molecule has 8 heteroatoms. The Morgan fingerprint density at radius 3 is 2.89 bits per heavy atom. The van der Waals surface area contributed by atoms with Gasteiger partial charge in [-0.3, -0.25) is 9.59 Å². The van der Waals surface area contributed by atoms with Crippen LogP contribution < -0.4 is 10.2 Å². The number of fused-ring (bicyclic) bond motifs is 1. The zero-order chi connectivity index (χ0) is 18.8. The van der Waals surface area contributed by atoms with Gasteiger partial charge < -0.3 is 19.9 Å². The number of benzene rings is 1. The van der Waals surface area contributed by atoms with Crippen molar-refractivity contribution in [2.45, 2.75) is 43.6 Å². The molecule has 0 atom stereocenters. The molecule has 0 radical (unpaired) electrons. The quantitative estimate of drug-likeness (QED) is 0.701. The lowest BCUT2D eigenvalue weighted by Gasteiger charge is -2.17. The van der Waals surface area contributed by atoms with Gasteiger partial charge in [-0.25, -0.2) is 4.98 Å². The summed E-state index contributed by atoms with van der Waals surface area (Å²) in [5.41, 5.74) is 2.74. The fraction of sp³-hybridized carbons (Fsp3) is 0.421. The Bertz CT molecular complexity index is 862. The third-order valence-corrected chi connectivity index (χ3v) is 5.80. The van der Waals surface area contributed by atoms with E-state index in [1.54, 1.807) is 10.8 Å². The lowest BCUT2D eigenvalue weighted by molar-refractivity contribution is -0.122. The number of nitrogens with zero attached hydrogens (tertiary/aromatic N) is 3. The van der Waals surface area contributed by atoms with Gasteiger partial charge in [-0.05, 0) is 30.9 Å². The summed E-state index contributed by atoms with van der Waals surface area (Å²) in [5.74, 6) is 0.167. The third kappa shape index (κ3) is 4.01. The van der Waals surface area contributed by atoms with Crippen LogP contribution in [0.2, 0.25) is 0 Å². The van der Waals surface area contributed by atoms with E-state index < -0.39 is 0 Å². The van der Waals surface area contributed by atoms with Gasteiger partial charge >= 0.3 is 0 Å². The predicted molar refractivity (Wildman–Crippen MR) is 103 cm³/mol. The summed E-state index contributed by atoms with van der Waals surface area (Å²) in [6.07, 6.45) is 4.48. The van der Waals surface area contributed by atoms with E-state index in [-0.39, 0.29) is 36.8 Å². The number of nitrogens with one attached hydrogen (secondary N) is 1. The molecule has 27 heavy (non-hydrogen) atoms. The van der Waals surface area contributed by atoms with E-state index in [2.05, 4.69) is 16.4 Å². The van der Waals surface area contributed by atoms with Crippen LogP contribution in [0.5, 0.6) is 0 Å². The van der Waals surface area contributed by atoms with E-state index in [4.69, 9.17) is 0 Å². The Morgan fingerprint density at radius 2 is 2.11 bits per heavy atom. The molecule has 0 spiro atoms. The fourth-order valence-corrected chi connectivity index (χ4v) is 4.12. The second kappa shape index (κ2) is 7.74. The summed E-state index contributed by atoms with van der Waals surface area (Å²) in [6.45, 7) is 0.603. The fourth-order valence-electron chi connectivity index (χ4n) is 3.25. The maximum Gasteiger partial charge on any atom is 0.240 e. The van der Waals surface area contributed by atoms with Gasteiger partial charge in [-0.15, -0.1) is 0 Å². The molecule has 142 valence electrons. The number of imidazole rings is 1. The maximum atomic E-state index is 12.7. The monoisotopic (exact) mass is 386 g/mol. The lowest BCUT2D eigenvalue weighted by atomic mass is 10.2. The number of aliphatic hydroxyl groups excluding tert-OH is 1. The highest BCUT2D eigenvalue weighted by Crippen LogP contribution is 2.29. The van der Waals surface area contributed by atoms with Crippen LogP contribution >= 0.6 is 11.8 Å². The standard InChI is InChI=1S/C19H22N4O3S/c24-11-15-9-20-19(23(15)10-17(25)21-14-5-6-14)27-12-18(26)22-8-7-13-3-1-2-4-16(13)22/h1-4,9,14,24H,5-8,10-12H2,(H,21,25). The zero-order valence-electron chi connectivity index (χ0n) is 14.9. The molecule has 2 heterocycles. The summed E-state index contributed by atoms with van der Waals surface area (Å²) >= 11 is 1.30.